The molecular weight excluding hydrogens is 376 g/mol. The van der Waals surface area contributed by atoms with Crippen LogP contribution in [0.5, 0.6) is 0 Å². The van der Waals surface area contributed by atoms with Gasteiger partial charge in [0, 0.05) is 36.4 Å². The standard InChI is InChI=1S/C24H22N4O2/c1-3-7-21-19(5-1)27-13-17(25-23(27)29-21)15-9-11-16(12-10-15)18-14-28-20-6-2-4-8-22(20)30-24(28)26-18/h9-14H,1-8H2. The number of oxazole rings is 2. The largest absolute Gasteiger partial charge is 0.428 e. The zero-order valence-corrected chi connectivity index (χ0v) is 16.7. The van der Waals surface area contributed by atoms with Crippen LogP contribution in [-0.4, -0.2) is 18.8 Å². The normalized spacial score (nSPS) is 16.3. The van der Waals surface area contributed by atoms with Crippen LogP contribution in [-0.2, 0) is 25.7 Å². The van der Waals surface area contributed by atoms with Crippen LogP contribution in [0.25, 0.3) is 34.2 Å². The molecule has 0 spiro atoms. The quantitative estimate of drug-likeness (QED) is 0.407. The molecule has 0 atom stereocenters. The summed E-state index contributed by atoms with van der Waals surface area (Å²) in [5.41, 5.74) is 6.64. The van der Waals surface area contributed by atoms with Crippen LogP contribution in [0.3, 0.4) is 0 Å². The summed E-state index contributed by atoms with van der Waals surface area (Å²) in [5.74, 6) is 3.63. The van der Waals surface area contributed by atoms with Gasteiger partial charge in [-0.25, -0.2) is 0 Å². The topological polar surface area (TPSA) is 60.9 Å². The second-order valence-corrected chi connectivity index (χ2v) is 8.49. The minimum absolute atomic E-state index is 0.709. The van der Waals surface area contributed by atoms with Crippen molar-refractivity contribution in [1.82, 2.24) is 18.8 Å². The average Bonchev–Trinajstić information content (AvgIpc) is 3.52. The van der Waals surface area contributed by atoms with Crippen LogP contribution < -0.4 is 0 Å². The van der Waals surface area contributed by atoms with Crippen molar-refractivity contribution in [3.63, 3.8) is 0 Å². The second kappa shape index (κ2) is 6.11. The third-order valence-corrected chi connectivity index (χ3v) is 6.61. The molecule has 6 heteroatoms. The first kappa shape index (κ1) is 16.5. The smallest absolute Gasteiger partial charge is 0.306 e. The molecule has 0 fully saturated rings. The number of imidazole rings is 2. The molecule has 0 aliphatic heterocycles. The number of aromatic nitrogens is 4. The number of hydrogen-bond acceptors (Lipinski definition) is 4. The van der Waals surface area contributed by atoms with E-state index in [1.165, 1.54) is 37.1 Å². The Labute approximate surface area is 173 Å². The van der Waals surface area contributed by atoms with Gasteiger partial charge in [0.25, 0.3) is 0 Å². The van der Waals surface area contributed by atoms with Gasteiger partial charge in [0.2, 0.25) is 0 Å². The lowest BCUT2D eigenvalue weighted by atomic mass is 10.0. The first-order valence-corrected chi connectivity index (χ1v) is 10.9. The van der Waals surface area contributed by atoms with Gasteiger partial charge in [-0.3, -0.25) is 8.80 Å². The molecule has 0 saturated heterocycles. The number of nitrogens with zero attached hydrogens (tertiary/aromatic N) is 4. The lowest BCUT2D eigenvalue weighted by molar-refractivity contribution is 0.500. The molecule has 2 aliphatic carbocycles. The van der Waals surface area contributed by atoms with Gasteiger partial charge in [-0.2, -0.15) is 9.97 Å². The maximum Gasteiger partial charge on any atom is 0.306 e. The van der Waals surface area contributed by atoms with Gasteiger partial charge in [0.15, 0.2) is 0 Å². The number of hydrogen-bond donors (Lipinski definition) is 0. The molecular formula is C24H22N4O2. The minimum Gasteiger partial charge on any atom is -0.428 e. The highest BCUT2D eigenvalue weighted by atomic mass is 16.4. The summed E-state index contributed by atoms with van der Waals surface area (Å²) in [5, 5.41) is 0. The minimum atomic E-state index is 0.709. The first-order valence-electron chi connectivity index (χ1n) is 10.9. The van der Waals surface area contributed by atoms with Crippen molar-refractivity contribution < 1.29 is 8.83 Å². The van der Waals surface area contributed by atoms with E-state index in [2.05, 4.69) is 45.5 Å². The van der Waals surface area contributed by atoms with E-state index in [4.69, 9.17) is 18.8 Å². The molecule has 0 saturated carbocycles. The van der Waals surface area contributed by atoms with Crippen molar-refractivity contribution >= 4 is 11.7 Å². The van der Waals surface area contributed by atoms with Crippen LogP contribution in [0.2, 0.25) is 0 Å². The van der Waals surface area contributed by atoms with Gasteiger partial charge < -0.3 is 8.83 Å². The number of rotatable bonds is 2. The maximum absolute atomic E-state index is 5.98. The van der Waals surface area contributed by atoms with Crippen LogP contribution in [0.15, 0.2) is 45.5 Å². The number of benzene rings is 1. The van der Waals surface area contributed by atoms with Crippen LogP contribution in [0.4, 0.5) is 0 Å². The van der Waals surface area contributed by atoms with E-state index in [1.54, 1.807) is 0 Å². The van der Waals surface area contributed by atoms with E-state index >= 15 is 0 Å². The highest BCUT2D eigenvalue weighted by Gasteiger charge is 2.21. The molecule has 150 valence electrons. The third kappa shape index (κ3) is 2.36. The Hall–Kier alpha value is -3.28. The van der Waals surface area contributed by atoms with Crippen LogP contribution in [0.1, 0.15) is 48.6 Å². The summed E-state index contributed by atoms with van der Waals surface area (Å²) in [4.78, 5) is 9.45. The highest BCUT2D eigenvalue weighted by molar-refractivity contribution is 5.68. The van der Waals surface area contributed by atoms with Crippen molar-refractivity contribution in [3.8, 4) is 22.5 Å². The molecule has 2 aliphatic rings. The molecule has 0 bridgehead atoms. The Bertz CT molecular complexity index is 1290. The van der Waals surface area contributed by atoms with Crippen LogP contribution >= 0.6 is 0 Å². The second-order valence-electron chi connectivity index (χ2n) is 8.49. The Balaban J connectivity index is 1.23. The van der Waals surface area contributed by atoms with Gasteiger partial charge in [-0.05, 0) is 38.5 Å². The van der Waals surface area contributed by atoms with Crippen molar-refractivity contribution in [2.24, 2.45) is 0 Å². The summed E-state index contributed by atoms with van der Waals surface area (Å²) in [6.07, 6.45) is 13.3. The monoisotopic (exact) mass is 398 g/mol. The fourth-order valence-corrected chi connectivity index (χ4v) is 5.02. The van der Waals surface area contributed by atoms with E-state index in [0.29, 0.717) is 11.7 Å². The molecule has 4 aromatic heterocycles. The zero-order chi connectivity index (χ0) is 19.7. The van der Waals surface area contributed by atoms with E-state index in [0.717, 1.165) is 59.7 Å². The highest BCUT2D eigenvalue weighted by Crippen LogP contribution is 2.31. The zero-order valence-electron chi connectivity index (χ0n) is 16.7. The number of aryl methyl sites for hydroxylation is 4. The summed E-state index contributed by atoms with van der Waals surface area (Å²) < 4.78 is 16.2. The molecule has 5 aromatic rings. The molecule has 6 nitrogen and oxygen atoms in total. The lowest BCUT2D eigenvalue weighted by Gasteiger charge is -2.08. The van der Waals surface area contributed by atoms with Gasteiger partial charge in [-0.15, -0.1) is 0 Å². The number of fused-ring (bicyclic) bond motifs is 6. The summed E-state index contributed by atoms with van der Waals surface area (Å²) >= 11 is 0. The van der Waals surface area contributed by atoms with E-state index in [1.807, 2.05) is 0 Å². The van der Waals surface area contributed by atoms with Gasteiger partial charge >= 0.3 is 11.7 Å². The van der Waals surface area contributed by atoms with Crippen molar-refractivity contribution in [1.29, 1.82) is 0 Å². The summed E-state index contributed by atoms with van der Waals surface area (Å²) in [6.45, 7) is 0. The SMILES string of the molecule is c1cc(-c2cn3c4c(oc3n2)CCCC4)ccc1-c1cn2c3c(oc2n1)CCCC3. The summed E-state index contributed by atoms with van der Waals surface area (Å²) in [7, 11) is 0. The Morgan fingerprint density at radius 1 is 0.600 bits per heavy atom. The molecule has 0 unspecified atom stereocenters. The van der Waals surface area contributed by atoms with Gasteiger partial charge in [0.1, 0.15) is 11.5 Å². The third-order valence-electron chi connectivity index (χ3n) is 6.61. The Morgan fingerprint density at radius 2 is 1.03 bits per heavy atom. The van der Waals surface area contributed by atoms with E-state index in [-0.39, 0.29) is 0 Å². The molecule has 30 heavy (non-hydrogen) atoms. The Morgan fingerprint density at radius 3 is 1.50 bits per heavy atom. The lowest BCUT2D eigenvalue weighted by Crippen LogP contribution is -2.02. The van der Waals surface area contributed by atoms with Crippen molar-refractivity contribution in [2.75, 3.05) is 0 Å². The van der Waals surface area contributed by atoms with E-state index in [9.17, 15) is 0 Å². The van der Waals surface area contributed by atoms with Crippen molar-refractivity contribution in [2.45, 2.75) is 51.4 Å². The summed E-state index contributed by atoms with van der Waals surface area (Å²) in [6, 6.07) is 8.45. The fourth-order valence-electron chi connectivity index (χ4n) is 5.02. The molecule has 0 N–H and O–H groups in total. The van der Waals surface area contributed by atoms with Gasteiger partial charge in [0.05, 0.1) is 22.8 Å². The molecule has 7 rings (SSSR count). The molecule has 4 heterocycles. The molecule has 0 radical (unpaired) electrons. The fraction of sp³-hybridized carbons (Fsp3) is 0.333. The Kier molecular flexibility index (Phi) is 3.36. The molecule has 1 aromatic carbocycles. The average molecular weight is 398 g/mol. The van der Waals surface area contributed by atoms with Crippen LogP contribution in [0, 0.1) is 0 Å². The maximum atomic E-state index is 5.98. The first-order chi connectivity index (χ1) is 14.8. The molecule has 0 amide bonds. The van der Waals surface area contributed by atoms with E-state index < -0.39 is 0 Å². The van der Waals surface area contributed by atoms with Crippen molar-refractivity contribution in [3.05, 3.63) is 59.6 Å². The predicted octanol–water partition coefficient (Wildman–Crippen LogP) is 5.26. The van der Waals surface area contributed by atoms with Gasteiger partial charge in [-0.1, -0.05) is 24.3 Å². The predicted molar refractivity (Wildman–Crippen MR) is 113 cm³/mol.